The van der Waals surface area contributed by atoms with Crippen LogP contribution in [0.25, 0.3) is 0 Å². The van der Waals surface area contributed by atoms with E-state index in [2.05, 4.69) is 75.2 Å². The molecule has 0 bridgehead atoms. The fourth-order valence-corrected chi connectivity index (χ4v) is 3.24. The second-order valence-corrected chi connectivity index (χ2v) is 7.51. The van der Waals surface area contributed by atoms with Gasteiger partial charge in [-0.1, -0.05) is 51.1 Å². The van der Waals surface area contributed by atoms with Gasteiger partial charge in [-0.25, -0.2) is 0 Å². The molecular weight excluding hydrogens is 256 g/mol. The highest BCUT2D eigenvalue weighted by Crippen LogP contribution is 2.32. The summed E-state index contributed by atoms with van der Waals surface area (Å²) in [7, 11) is 0. The number of hydrogen-bond donors (Lipinski definition) is 1. The molecule has 2 atom stereocenters. The normalized spacial score (nSPS) is 30.8. The number of benzene rings is 1. The van der Waals surface area contributed by atoms with Crippen molar-refractivity contribution in [3.05, 3.63) is 35.9 Å². The molecule has 2 nitrogen and oxygen atoms in total. The third-order valence-corrected chi connectivity index (χ3v) is 5.28. The summed E-state index contributed by atoms with van der Waals surface area (Å²) in [5.41, 5.74) is 1.74. The van der Waals surface area contributed by atoms with Crippen LogP contribution in [0.15, 0.2) is 30.3 Å². The summed E-state index contributed by atoms with van der Waals surface area (Å²) in [6, 6.07) is 10.9. The van der Waals surface area contributed by atoms with E-state index < -0.39 is 0 Å². The lowest BCUT2D eigenvalue weighted by Gasteiger charge is -2.52. The van der Waals surface area contributed by atoms with Gasteiger partial charge in [0.1, 0.15) is 0 Å². The van der Waals surface area contributed by atoms with Crippen LogP contribution >= 0.6 is 0 Å². The van der Waals surface area contributed by atoms with E-state index in [0.29, 0.717) is 0 Å². The van der Waals surface area contributed by atoms with Crippen LogP contribution in [-0.4, -0.2) is 30.1 Å². The van der Waals surface area contributed by atoms with Gasteiger partial charge in [-0.15, -0.1) is 0 Å². The Morgan fingerprint density at radius 3 is 2.43 bits per heavy atom. The van der Waals surface area contributed by atoms with Gasteiger partial charge >= 0.3 is 0 Å². The molecule has 0 amide bonds. The first-order valence-electron chi connectivity index (χ1n) is 8.45. The molecule has 1 N–H and O–H groups in total. The van der Waals surface area contributed by atoms with E-state index in [-0.39, 0.29) is 11.1 Å². The molecule has 2 heteroatoms. The summed E-state index contributed by atoms with van der Waals surface area (Å²) in [5, 5.41) is 3.83. The summed E-state index contributed by atoms with van der Waals surface area (Å²) in [6.07, 6.45) is 2.48. The highest BCUT2D eigenvalue weighted by atomic mass is 15.3. The van der Waals surface area contributed by atoms with E-state index in [1.54, 1.807) is 0 Å². The molecule has 1 heterocycles. The van der Waals surface area contributed by atoms with Crippen molar-refractivity contribution in [2.24, 2.45) is 5.92 Å². The zero-order valence-corrected chi connectivity index (χ0v) is 14.4. The summed E-state index contributed by atoms with van der Waals surface area (Å²) in [4.78, 5) is 2.72. The van der Waals surface area contributed by atoms with Crippen molar-refractivity contribution in [3.63, 3.8) is 0 Å². The van der Waals surface area contributed by atoms with Gasteiger partial charge in [0, 0.05) is 18.6 Å². The van der Waals surface area contributed by atoms with Gasteiger partial charge in [0.2, 0.25) is 0 Å². The van der Waals surface area contributed by atoms with E-state index in [1.807, 2.05) is 0 Å². The highest BCUT2D eigenvalue weighted by molar-refractivity contribution is 5.25. The molecular formula is C19H32N2. The minimum absolute atomic E-state index is 0.0624. The Bertz CT molecular complexity index is 442. The summed E-state index contributed by atoms with van der Waals surface area (Å²) in [6.45, 7) is 15.1. The monoisotopic (exact) mass is 288 g/mol. The lowest BCUT2D eigenvalue weighted by molar-refractivity contribution is 0.0138. The van der Waals surface area contributed by atoms with E-state index in [0.717, 1.165) is 19.0 Å². The smallest absolute Gasteiger partial charge is 0.0535 e. The van der Waals surface area contributed by atoms with Crippen molar-refractivity contribution in [2.75, 3.05) is 19.6 Å². The van der Waals surface area contributed by atoms with Crippen molar-refractivity contribution >= 4 is 0 Å². The average Bonchev–Trinajstić information content (AvgIpc) is 2.49. The first-order chi connectivity index (χ1) is 9.89. The fraction of sp³-hybridized carbons (Fsp3) is 0.684. The van der Waals surface area contributed by atoms with Gasteiger partial charge in [-0.3, -0.25) is 4.90 Å². The van der Waals surface area contributed by atoms with Crippen LogP contribution in [-0.2, 0) is 5.54 Å². The first-order valence-corrected chi connectivity index (χ1v) is 8.45. The van der Waals surface area contributed by atoms with E-state index in [4.69, 9.17) is 0 Å². The quantitative estimate of drug-likeness (QED) is 0.880. The molecule has 1 aromatic carbocycles. The molecule has 118 valence electrons. The molecule has 1 saturated heterocycles. The Hall–Kier alpha value is -0.860. The SMILES string of the molecule is CCC1(C)CNC(C)(c2ccccc2)CN1CCC(C)C. The molecule has 1 aliphatic rings. The molecule has 0 saturated carbocycles. The number of rotatable bonds is 5. The second kappa shape index (κ2) is 6.50. The standard InChI is InChI=1S/C19H32N2/c1-6-18(4)14-20-19(5,17-10-8-7-9-11-17)15-21(18)13-12-16(2)3/h7-11,16,20H,6,12-15H2,1-5H3. The minimum atomic E-state index is 0.0624. The van der Waals surface area contributed by atoms with Gasteiger partial charge in [-0.05, 0) is 44.7 Å². The molecule has 0 aliphatic carbocycles. The summed E-state index contributed by atoms with van der Waals surface area (Å²) in [5.74, 6) is 0.768. The van der Waals surface area contributed by atoms with Gasteiger partial charge in [0.25, 0.3) is 0 Å². The van der Waals surface area contributed by atoms with Crippen LogP contribution in [0.1, 0.15) is 53.0 Å². The Balaban J connectivity index is 2.18. The van der Waals surface area contributed by atoms with Crippen molar-refractivity contribution in [1.29, 1.82) is 0 Å². The zero-order valence-electron chi connectivity index (χ0n) is 14.4. The van der Waals surface area contributed by atoms with Crippen LogP contribution < -0.4 is 5.32 Å². The maximum atomic E-state index is 3.83. The maximum Gasteiger partial charge on any atom is 0.0535 e. The van der Waals surface area contributed by atoms with Crippen LogP contribution in [0.2, 0.25) is 0 Å². The molecule has 0 radical (unpaired) electrons. The van der Waals surface area contributed by atoms with Gasteiger partial charge in [-0.2, -0.15) is 0 Å². The lowest BCUT2D eigenvalue weighted by atomic mass is 9.82. The number of nitrogens with one attached hydrogen (secondary N) is 1. The molecule has 1 aliphatic heterocycles. The Labute approximate surface area is 130 Å². The first kappa shape index (κ1) is 16.5. The molecule has 1 aromatic rings. The second-order valence-electron chi connectivity index (χ2n) is 7.51. The topological polar surface area (TPSA) is 15.3 Å². The Morgan fingerprint density at radius 2 is 1.86 bits per heavy atom. The molecule has 0 spiro atoms. The minimum Gasteiger partial charge on any atom is -0.305 e. The summed E-state index contributed by atoms with van der Waals surface area (Å²) < 4.78 is 0. The van der Waals surface area contributed by atoms with Gasteiger partial charge < -0.3 is 5.32 Å². The summed E-state index contributed by atoms with van der Waals surface area (Å²) >= 11 is 0. The Kier molecular flexibility index (Phi) is 5.11. The molecule has 2 rings (SSSR count). The molecule has 2 unspecified atom stereocenters. The molecule has 0 aromatic heterocycles. The predicted octanol–water partition coefficient (Wildman–Crippen LogP) is 4.02. The van der Waals surface area contributed by atoms with E-state index in [1.165, 1.54) is 24.9 Å². The third-order valence-electron chi connectivity index (χ3n) is 5.28. The zero-order chi connectivity index (χ0) is 15.5. The molecule has 21 heavy (non-hydrogen) atoms. The van der Waals surface area contributed by atoms with Crippen LogP contribution in [0.5, 0.6) is 0 Å². The van der Waals surface area contributed by atoms with Crippen molar-refractivity contribution in [3.8, 4) is 0 Å². The lowest BCUT2D eigenvalue weighted by Crippen LogP contribution is -2.66. The number of piperazine rings is 1. The van der Waals surface area contributed by atoms with Crippen molar-refractivity contribution < 1.29 is 0 Å². The maximum absolute atomic E-state index is 3.83. The van der Waals surface area contributed by atoms with E-state index >= 15 is 0 Å². The van der Waals surface area contributed by atoms with Crippen LogP contribution in [0.3, 0.4) is 0 Å². The number of nitrogens with zero attached hydrogens (tertiary/aromatic N) is 1. The van der Waals surface area contributed by atoms with Crippen molar-refractivity contribution in [2.45, 2.75) is 58.5 Å². The predicted molar refractivity (Wildman–Crippen MR) is 91.5 cm³/mol. The van der Waals surface area contributed by atoms with Gasteiger partial charge in [0.05, 0.1) is 5.54 Å². The van der Waals surface area contributed by atoms with Crippen molar-refractivity contribution in [1.82, 2.24) is 10.2 Å². The van der Waals surface area contributed by atoms with E-state index in [9.17, 15) is 0 Å². The average molecular weight is 288 g/mol. The molecule has 1 fully saturated rings. The fourth-order valence-electron chi connectivity index (χ4n) is 3.24. The third kappa shape index (κ3) is 3.67. The van der Waals surface area contributed by atoms with Crippen LogP contribution in [0.4, 0.5) is 0 Å². The highest BCUT2D eigenvalue weighted by Gasteiger charge is 2.42. The van der Waals surface area contributed by atoms with Gasteiger partial charge in [0.15, 0.2) is 0 Å². The Morgan fingerprint density at radius 1 is 1.19 bits per heavy atom. The van der Waals surface area contributed by atoms with Crippen LogP contribution in [0, 0.1) is 5.92 Å². The number of hydrogen-bond acceptors (Lipinski definition) is 2. The largest absolute Gasteiger partial charge is 0.305 e.